The van der Waals surface area contributed by atoms with Crippen molar-refractivity contribution in [3.63, 3.8) is 0 Å². The summed E-state index contributed by atoms with van der Waals surface area (Å²) in [4.78, 5) is 12.0. The molecule has 2 aliphatic heterocycles. The summed E-state index contributed by atoms with van der Waals surface area (Å²) in [6, 6.07) is 29.2. The van der Waals surface area contributed by atoms with Crippen LogP contribution in [0.5, 0.6) is 34.5 Å². The normalized spacial score (nSPS) is 18.8. The molecule has 14 heteroatoms. The number of unbranched alkanes of at least 4 members (excludes halogenated alkanes) is 12. The molecule has 3 radical (unpaired) electrons. The molecule has 463 valence electrons. The van der Waals surface area contributed by atoms with Crippen molar-refractivity contribution in [3.05, 3.63) is 107 Å². The van der Waals surface area contributed by atoms with Crippen molar-refractivity contribution in [2.75, 3.05) is 68.8 Å². The first-order valence-electron chi connectivity index (χ1n) is 31.3. The molecular weight excluding hydrogens is 1070 g/mol. The summed E-state index contributed by atoms with van der Waals surface area (Å²) in [5.74, 6) is 6.70. The van der Waals surface area contributed by atoms with Gasteiger partial charge in [0.15, 0.2) is 27.2 Å². The van der Waals surface area contributed by atoms with Gasteiger partial charge in [-0.25, -0.2) is 0 Å². The molecule has 0 bridgehead atoms. The number of hydrogen-bond acceptors (Lipinski definition) is 12. The second-order valence-electron chi connectivity index (χ2n) is 23.7. The summed E-state index contributed by atoms with van der Waals surface area (Å²) in [7, 11) is 6.51. The third kappa shape index (κ3) is 23.7. The van der Waals surface area contributed by atoms with E-state index in [1.807, 2.05) is 48.5 Å². The van der Waals surface area contributed by atoms with Crippen molar-refractivity contribution in [1.82, 2.24) is 0 Å². The van der Waals surface area contributed by atoms with Crippen LogP contribution < -0.4 is 58.0 Å². The molecular formula is C70H107BNaO12. The number of carbonyl (C=O) groups is 1. The van der Waals surface area contributed by atoms with Crippen molar-refractivity contribution in [3.8, 4) is 34.5 Å². The van der Waals surface area contributed by atoms with Crippen LogP contribution in [-0.2, 0) is 34.6 Å². The van der Waals surface area contributed by atoms with E-state index in [0.717, 1.165) is 85.9 Å². The maximum Gasteiger partial charge on any atom is 1.00 e. The van der Waals surface area contributed by atoms with Crippen LogP contribution in [0.25, 0.3) is 0 Å². The predicted molar refractivity (Wildman–Crippen MR) is 336 cm³/mol. The monoisotopic (exact) mass is 1170 g/mol. The summed E-state index contributed by atoms with van der Waals surface area (Å²) in [5.41, 5.74) is 4.70. The van der Waals surface area contributed by atoms with Crippen LogP contribution in [0.3, 0.4) is 0 Å². The minimum Gasteiger partial charge on any atom is -1.00 e. The van der Waals surface area contributed by atoms with Crippen LogP contribution in [0.4, 0.5) is 0 Å². The summed E-state index contributed by atoms with van der Waals surface area (Å²) in [6.45, 7) is 15.3. The second kappa shape index (κ2) is 41.4. The van der Waals surface area contributed by atoms with E-state index in [9.17, 15) is 9.90 Å². The Morgan fingerprint density at radius 2 is 0.881 bits per heavy atom. The first-order chi connectivity index (χ1) is 39.8. The number of carbonyl (C=O) groups excluding carboxylic acids is 1. The first-order valence-corrected chi connectivity index (χ1v) is 31.3. The smallest absolute Gasteiger partial charge is 1.00 e. The third-order valence-electron chi connectivity index (χ3n) is 17.3. The van der Waals surface area contributed by atoms with Gasteiger partial charge in [0.1, 0.15) is 40.3 Å². The van der Waals surface area contributed by atoms with Gasteiger partial charge in [-0.05, 0) is 103 Å². The van der Waals surface area contributed by atoms with Gasteiger partial charge in [-0.1, -0.05) is 174 Å². The number of Topliss-reactive ketones (excluding diaryl/α,β-unsaturated/α-hetero) is 1. The Morgan fingerprint density at radius 1 is 0.524 bits per heavy atom. The summed E-state index contributed by atoms with van der Waals surface area (Å²) >= 11 is 0. The molecule has 6 rings (SSSR count). The molecule has 84 heavy (non-hydrogen) atoms. The molecule has 0 aliphatic carbocycles. The Hall–Kier alpha value is -3.79. The minimum atomic E-state index is -0.159. The van der Waals surface area contributed by atoms with E-state index >= 15 is 0 Å². The standard InChI is InChI=1S/C35H54O6.C35H52O6.B.Na.H/c2*1-6-14-33(36)27(2)15-12-10-8-7-9-11-13-16-32-31-22-21-30(41-26-38-5)23-34(31)39-24-35(32,3)28-17-19-29(20-18-28)40-25-37-4;;;/h17-23,27,32-33,36H,6-16,24-26H2,1-5H3;17-23,27,32H,6-16,24-26H2,1-5H3;;;/q;;;+1;-1/t27?,32-,33?,35-;27?,32-,35-;;;/m11.../s1. The minimum absolute atomic E-state index is 0. The van der Waals surface area contributed by atoms with E-state index in [4.69, 9.17) is 47.4 Å². The predicted octanol–water partition coefficient (Wildman–Crippen LogP) is 13.7. The summed E-state index contributed by atoms with van der Waals surface area (Å²) in [5, 5.41) is 10.2. The molecule has 0 spiro atoms. The third-order valence-corrected chi connectivity index (χ3v) is 17.3. The van der Waals surface area contributed by atoms with Crippen LogP contribution in [0, 0.1) is 11.8 Å². The van der Waals surface area contributed by atoms with E-state index in [2.05, 4.69) is 77.9 Å². The number of methoxy groups -OCH3 is 4. The van der Waals surface area contributed by atoms with E-state index in [1.165, 1.54) is 112 Å². The van der Waals surface area contributed by atoms with E-state index in [1.54, 1.807) is 28.4 Å². The Bertz CT molecular complexity index is 2380. The molecule has 7 atom stereocenters. The van der Waals surface area contributed by atoms with E-state index in [-0.39, 0.29) is 89.4 Å². The van der Waals surface area contributed by atoms with E-state index < -0.39 is 0 Å². The number of ketones is 1. The van der Waals surface area contributed by atoms with Crippen molar-refractivity contribution < 1.29 is 88.3 Å². The fourth-order valence-corrected chi connectivity index (χ4v) is 12.1. The number of ether oxygens (including phenoxy) is 10. The molecule has 1 N–H and O–H groups in total. The Kier molecular flexibility index (Phi) is 36.7. The number of rotatable bonds is 40. The fraction of sp³-hybridized carbons (Fsp3) is 0.643. The van der Waals surface area contributed by atoms with Crippen molar-refractivity contribution >= 4 is 14.2 Å². The maximum atomic E-state index is 12.0. The van der Waals surface area contributed by atoms with Gasteiger partial charge in [0.25, 0.3) is 0 Å². The zero-order valence-electron chi connectivity index (χ0n) is 54.8. The SMILES string of the molecule is CCCC(=O)C(C)CCCCCCCCC[C@@H]1c2ccc(OCOC)cc2OC[C@]1(C)c1ccc(OCOC)cc1.CCCC(O)C(C)CCCCCCCCC[C@@H]1c2ccc(OCOC)cc2OC[C@]1(C)c1ccc(OCOC)cc1.[B].[H-].[Na+]. The number of benzene rings is 4. The van der Waals surface area contributed by atoms with Gasteiger partial charge in [0, 0.05) is 84.0 Å². The molecule has 4 aromatic carbocycles. The maximum absolute atomic E-state index is 12.0. The zero-order valence-corrected chi connectivity index (χ0v) is 55.8. The first kappa shape index (κ1) is 74.5. The van der Waals surface area contributed by atoms with E-state index in [0.29, 0.717) is 36.8 Å². The van der Waals surface area contributed by atoms with Gasteiger partial charge in [0.2, 0.25) is 0 Å². The molecule has 0 aromatic heterocycles. The molecule has 12 nitrogen and oxygen atoms in total. The quantitative estimate of drug-likeness (QED) is 0.0259. The van der Waals surface area contributed by atoms with Crippen LogP contribution in [0.2, 0.25) is 0 Å². The van der Waals surface area contributed by atoms with Crippen molar-refractivity contribution in [2.24, 2.45) is 11.8 Å². The van der Waals surface area contributed by atoms with Crippen LogP contribution >= 0.6 is 0 Å². The number of aliphatic hydroxyl groups is 1. The van der Waals surface area contributed by atoms with Gasteiger partial charge < -0.3 is 53.9 Å². The van der Waals surface area contributed by atoms with Gasteiger partial charge in [-0.3, -0.25) is 4.79 Å². The molecule has 2 heterocycles. The number of hydrogen-bond donors (Lipinski definition) is 1. The van der Waals surface area contributed by atoms with Crippen LogP contribution in [0.1, 0.15) is 218 Å². The molecule has 0 fully saturated rings. The van der Waals surface area contributed by atoms with Gasteiger partial charge >= 0.3 is 29.6 Å². The molecule has 2 aliphatic rings. The second-order valence-corrected chi connectivity index (χ2v) is 23.7. The molecule has 0 amide bonds. The average Bonchev–Trinajstić information content (AvgIpc) is 2.19. The van der Waals surface area contributed by atoms with Gasteiger partial charge in [-0.2, -0.15) is 0 Å². The molecule has 0 saturated heterocycles. The Morgan fingerprint density at radius 3 is 1.26 bits per heavy atom. The average molecular weight is 1170 g/mol. The molecule has 3 unspecified atom stereocenters. The van der Waals surface area contributed by atoms with Gasteiger partial charge in [-0.15, -0.1) is 0 Å². The summed E-state index contributed by atoms with van der Waals surface area (Å²) in [6.07, 6.45) is 25.3. The van der Waals surface area contributed by atoms with Crippen molar-refractivity contribution in [1.29, 1.82) is 0 Å². The number of fused-ring (bicyclic) bond motifs is 2. The van der Waals surface area contributed by atoms with Crippen molar-refractivity contribution in [2.45, 2.75) is 212 Å². The fourth-order valence-electron chi connectivity index (χ4n) is 12.1. The van der Waals surface area contributed by atoms with Crippen LogP contribution in [0.15, 0.2) is 84.9 Å². The topological polar surface area (TPSA) is 130 Å². The Labute approximate surface area is 533 Å². The molecule has 0 saturated carbocycles. The van der Waals surface area contributed by atoms with Gasteiger partial charge in [0.05, 0.1) is 19.3 Å². The van der Waals surface area contributed by atoms with Crippen LogP contribution in [-0.4, -0.2) is 94.2 Å². The largest absolute Gasteiger partial charge is 1.00 e. The Balaban J connectivity index is 0.000000560. The molecule has 4 aromatic rings. The number of aliphatic hydroxyl groups excluding tert-OH is 1. The summed E-state index contributed by atoms with van der Waals surface area (Å²) < 4.78 is 55.6. The zero-order chi connectivity index (χ0) is 59.0.